The third kappa shape index (κ3) is 4.19. The molecule has 0 radical (unpaired) electrons. The zero-order chi connectivity index (χ0) is 15.6. The lowest BCUT2D eigenvalue weighted by Crippen LogP contribution is -2.29. The maximum atomic E-state index is 12.0. The zero-order valence-corrected chi connectivity index (χ0v) is 14.9. The lowest BCUT2D eigenvalue weighted by atomic mass is 10.0. The Balaban J connectivity index is 2.15. The lowest BCUT2D eigenvalue weighted by Gasteiger charge is -2.18. The summed E-state index contributed by atoms with van der Waals surface area (Å²) in [6.07, 6.45) is 1.74. The Labute approximate surface area is 128 Å². The number of nitrogens with zero attached hydrogens (tertiary/aromatic N) is 2. The molecule has 7 nitrogen and oxygen atoms in total. The molecule has 0 aromatic carbocycles. The van der Waals surface area contributed by atoms with Crippen molar-refractivity contribution in [1.29, 1.82) is 0 Å². The fraction of sp³-hybridized carbons (Fsp3) is 0.636. The summed E-state index contributed by atoms with van der Waals surface area (Å²) in [4.78, 5) is 15.7. The van der Waals surface area contributed by atoms with E-state index < -0.39 is 19.4 Å². The van der Waals surface area contributed by atoms with Gasteiger partial charge in [-0.3, -0.25) is 4.57 Å². The summed E-state index contributed by atoms with van der Waals surface area (Å²) in [5.41, 5.74) is 5.54. The van der Waals surface area contributed by atoms with Gasteiger partial charge in [-0.25, -0.2) is 4.79 Å². The number of anilines is 1. The largest absolute Gasteiger partial charge is 0.391 e. The van der Waals surface area contributed by atoms with Crippen molar-refractivity contribution in [2.24, 2.45) is 5.92 Å². The van der Waals surface area contributed by atoms with Gasteiger partial charge < -0.3 is 20.1 Å². The van der Waals surface area contributed by atoms with Crippen molar-refractivity contribution in [3.8, 4) is 0 Å². The highest BCUT2D eigenvalue weighted by atomic mass is 32.4. The molecule has 1 aliphatic heterocycles. The lowest BCUT2D eigenvalue weighted by molar-refractivity contribution is -0.0241. The van der Waals surface area contributed by atoms with E-state index in [0.29, 0.717) is 18.6 Å². The third-order valence-corrected chi connectivity index (χ3v) is 4.81. The second kappa shape index (κ2) is 7.41. The van der Waals surface area contributed by atoms with Gasteiger partial charge in [0.1, 0.15) is 12.0 Å². The number of ether oxygens (including phenoxy) is 1. The Bertz CT molecular complexity index is 554. The van der Waals surface area contributed by atoms with E-state index >= 15 is 0 Å². The molecular weight excluding hydrogens is 331 g/mol. The predicted octanol–water partition coefficient (Wildman–Crippen LogP) is 1.24. The van der Waals surface area contributed by atoms with Gasteiger partial charge in [0.05, 0.1) is 26.8 Å². The standard InChI is InChI=1S/C11H20N3O4P3/c1-6-2-9(18-8(6)5-17-21(19)20)14-3-7(4-15)10(12)13-11(14)16/h3,6,8-9,15H,2,4-5,19-20H2,1H3,(H2,12,13,16)/t6?,8-,9-/m1/s1. The summed E-state index contributed by atoms with van der Waals surface area (Å²) < 4.78 is 12.9. The van der Waals surface area contributed by atoms with Gasteiger partial charge in [-0.05, 0) is 12.3 Å². The highest BCUT2D eigenvalue weighted by Crippen LogP contribution is 2.54. The van der Waals surface area contributed by atoms with Gasteiger partial charge in [-0.1, -0.05) is 24.8 Å². The van der Waals surface area contributed by atoms with Crippen LogP contribution in [0, 0.1) is 5.92 Å². The molecule has 118 valence electrons. The van der Waals surface area contributed by atoms with Crippen LogP contribution in [0.1, 0.15) is 25.1 Å². The van der Waals surface area contributed by atoms with Crippen LogP contribution >= 0.6 is 25.4 Å². The fourth-order valence-electron chi connectivity index (χ4n) is 2.25. The quantitative estimate of drug-likeness (QED) is 0.775. The summed E-state index contributed by atoms with van der Waals surface area (Å²) in [6, 6.07) is 0. The van der Waals surface area contributed by atoms with E-state index in [9.17, 15) is 9.90 Å². The van der Waals surface area contributed by atoms with Gasteiger partial charge in [0.15, 0.2) is 0 Å². The van der Waals surface area contributed by atoms with Gasteiger partial charge in [-0.2, -0.15) is 4.98 Å². The van der Waals surface area contributed by atoms with Gasteiger partial charge >= 0.3 is 5.69 Å². The average molecular weight is 351 g/mol. The molecule has 1 aliphatic rings. The monoisotopic (exact) mass is 351 g/mol. The van der Waals surface area contributed by atoms with Crippen molar-refractivity contribution in [2.45, 2.75) is 32.3 Å². The maximum absolute atomic E-state index is 12.0. The van der Waals surface area contributed by atoms with E-state index in [0.717, 1.165) is 0 Å². The van der Waals surface area contributed by atoms with Gasteiger partial charge in [0.25, 0.3) is 0 Å². The Kier molecular flexibility index (Phi) is 6.07. The minimum atomic E-state index is -0.600. The van der Waals surface area contributed by atoms with Crippen LogP contribution in [0.4, 0.5) is 5.82 Å². The van der Waals surface area contributed by atoms with Crippen LogP contribution in [0.5, 0.6) is 0 Å². The molecule has 0 spiro atoms. The summed E-state index contributed by atoms with van der Waals surface area (Å²) in [5.74, 6) is 0.323. The number of hydrogen-bond donors (Lipinski definition) is 2. The minimum Gasteiger partial charge on any atom is -0.391 e. The van der Waals surface area contributed by atoms with Crippen molar-refractivity contribution in [1.82, 2.24) is 9.55 Å². The normalized spacial score (nSPS) is 25.7. The first-order valence-corrected chi connectivity index (χ1v) is 11.0. The number of nitrogen functional groups attached to an aromatic ring is 1. The van der Waals surface area contributed by atoms with E-state index in [1.807, 2.05) is 0 Å². The van der Waals surface area contributed by atoms with E-state index in [1.165, 1.54) is 10.8 Å². The molecule has 2 heterocycles. The molecule has 21 heavy (non-hydrogen) atoms. The Morgan fingerprint density at radius 1 is 1.67 bits per heavy atom. The number of rotatable bonds is 5. The molecule has 1 saturated heterocycles. The van der Waals surface area contributed by atoms with Gasteiger partial charge in [0, 0.05) is 11.8 Å². The molecule has 0 aliphatic carbocycles. The van der Waals surface area contributed by atoms with Crippen molar-refractivity contribution in [3.05, 3.63) is 22.2 Å². The molecule has 3 unspecified atom stereocenters. The second-order valence-electron chi connectivity index (χ2n) is 5.00. The van der Waals surface area contributed by atoms with E-state index in [1.54, 1.807) is 0 Å². The Hall–Kier alpha value is -0.150. The van der Waals surface area contributed by atoms with Gasteiger partial charge in [-0.15, -0.1) is 0 Å². The van der Waals surface area contributed by atoms with Gasteiger partial charge in [0.2, 0.25) is 0 Å². The molecule has 5 atom stereocenters. The molecule has 2 rings (SSSR count). The zero-order valence-electron chi connectivity index (χ0n) is 11.7. The SMILES string of the molecule is CC1C[C@H](n2cc(CO)c(N)nc2=O)O[C@@H]1COP(P)P. The van der Waals surface area contributed by atoms with Crippen LogP contribution in [0.25, 0.3) is 0 Å². The smallest absolute Gasteiger partial charge is 0.351 e. The van der Waals surface area contributed by atoms with E-state index in [4.69, 9.17) is 15.0 Å². The summed E-state index contributed by atoms with van der Waals surface area (Å²) in [5, 5.41) is 9.23. The second-order valence-corrected chi connectivity index (χ2v) is 10.8. The Morgan fingerprint density at radius 2 is 2.38 bits per heavy atom. The van der Waals surface area contributed by atoms with Crippen molar-refractivity contribution < 1.29 is 14.4 Å². The topological polar surface area (TPSA) is 99.6 Å². The van der Waals surface area contributed by atoms with Crippen molar-refractivity contribution >= 4 is 31.2 Å². The number of hydrogen-bond acceptors (Lipinski definition) is 6. The first kappa shape index (κ1) is 17.2. The first-order chi connectivity index (χ1) is 9.92. The molecule has 3 N–H and O–H groups in total. The maximum Gasteiger partial charge on any atom is 0.351 e. The van der Waals surface area contributed by atoms with E-state index in [-0.39, 0.29) is 24.4 Å². The molecule has 1 fully saturated rings. The highest BCUT2D eigenvalue weighted by Gasteiger charge is 2.34. The molecule has 1 aromatic heterocycles. The molecule has 0 saturated carbocycles. The third-order valence-electron chi connectivity index (χ3n) is 3.47. The predicted molar refractivity (Wildman–Crippen MR) is 88.8 cm³/mol. The van der Waals surface area contributed by atoms with Crippen LogP contribution in [0.2, 0.25) is 0 Å². The average Bonchev–Trinajstić information content (AvgIpc) is 2.77. The van der Waals surface area contributed by atoms with Crippen molar-refractivity contribution in [3.63, 3.8) is 0 Å². The molecule has 10 heteroatoms. The van der Waals surface area contributed by atoms with Crippen LogP contribution in [0.3, 0.4) is 0 Å². The Morgan fingerprint density at radius 3 is 3.00 bits per heavy atom. The molecule has 1 aromatic rings. The summed E-state index contributed by atoms with van der Waals surface area (Å²) in [7, 11) is 4.59. The highest BCUT2D eigenvalue weighted by molar-refractivity contribution is 8.41. The van der Waals surface area contributed by atoms with Crippen LogP contribution in [-0.4, -0.2) is 27.4 Å². The van der Waals surface area contributed by atoms with Crippen molar-refractivity contribution in [2.75, 3.05) is 12.3 Å². The number of aliphatic hydroxyl groups excluding tert-OH is 1. The summed E-state index contributed by atoms with van der Waals surface area (Å²) >= 11 is 0. The molecule has 0 bridgehead atoms. The van der Waals surface area contributed by atoms with Crippen LogP contribution in [-0.2, 0) is 15.9 Å². The molecular formula is C11H20N3O4P3. The van der Waals surface area contributed by atoms with Crippen LogP contribution < -0.4 is 11.4 Å². The first-order valence-electron chi connectivity index (χ1n) is 6.48. The number of aromatic nitrogens is 2. The fourth-order valence-corrected chi connectivity index (χ4v) is 3.09. The van der Waals surface area contributed by atoms with E-state index in [2.05, 4.69) is 29.8 Å². The van der Waals surface area contributed by atoms with Crippen LogP contribution in [0.15, 0.2) is 11.0 Å². The minimum absolute atomic E-state index is 0.0568. The number of nitrogens with two attached hydrogens (primary N) is 1. The molecule has 0 amide bonds. The number of aliphatic hydroxyl groups is 1. The summed E-state index contributed by atoms with van der Waals surface area (Å²) in [6.45, 7) is 2.28.